The molecule has 1 rings (SSSR count). The maximum Gasteiger partial charge on any atom is 0.416 e. The van der Waals surface area contributed by atoms with Crippen LogP contribution < -0.4 is 11.1 Å². The quantitative estimate of drug-likeness (QED) is 0.225. The van der Waals surface area contributed by atoms with Crippen LogP contribution in [0.1, 0.15) is 5.56 Å². The Kier molecular flexibility index (Phi) is 5.56. The third kappa shape index (κ3) is 7.00. The third-order valence-electron chi connectivity index (χ3n) is 1.54. The van der Waals surface area contributed by atoms with Gasteiger partial charge in [-0.3, -0.25) is 5.32 Å². The molecule has 0 fully saturated rings. The molecule has 0 aliphatic rings. The number of nitrogens with two attached hydrogens (primary N) is 2. The molecule has 0 heterocycles. The molecule has 0 aliphatic carbocycles. The lowest BCUT2D eigenvalue weighted by Gasteiger charge is -2.06. The molecule has 0 atom stereocenters. The lowest BCUT2D eigenvalue weighted by molar-refractivity contribution is -0.447. The van der Waals surface area contributed by atoms with Gasteiger partial charge in [-0.15, -0.1) is 0 Å². The summed E-state index contributed by atoms with van der Waals surface area (Å²) in [5.41, 5.74) is 4.56. The third-order valence-corrected chi connectivity index (χ3v) is 1.54. The number of nitrogens with one attached hydrogen (secondary N) is 1. The highest BCUT2D eigenvalue weighted by atomic mass is 19.4. The largest absolute Gasteiger partial charge is 0.416 e. The number of nitrogens with zero attached hydrogens (tertiary/aromatic N) is 1. The average Bonchev–Trinajstić information content (AvgIpc) is 2.14. The van der Waals surface area contributed by atoms with Gasteiger partial charge in [0.15, 0.2) is 0 Å². The molecule has 0 saturated carbocycles. The molecule has 0 amide bonds. The van der Waals surface area contributed by atoms with Gasteiger partial charge in [0.2, 0.25) is 0 Å². The predicted molar refractivity (Wildman–Crippen MR) is 55.3 cm³/mol. The molecule has 18 heavy (non-hydrogen) atoms. The predicted octanol–water partition coefficient (Wildman–Crippen LogP) is 0.555. The second kappa shape index (κ2) is 6.39. The first kappa shape index (κ1) is 15.6. The molecule has 0 saturated heterocycles. The number of quaternary nitrogens is 1. The fourth-order valence-corrected chi connectivity index (χ4v) is 0.984. The van der Waals surface area contributed by atoms with Crippen molar-refractivity contribution in [1.82, 2.24) is 0 Å². The van der Waals surface area contributed by atoms with Crippen molar-refractivity contribution in [2.75, 3.05) is 0 Å². The van der Waals surface area contributed by atoms with Gasteiger partial charge in [0.1, 0.15) is 5.69 Å². The molecule has 0 aromatic heterocycles. The van der Waals surface area contributed by atoms with Gasteiger partial charge >= 0.3 is 6.18 Å². The Labute approximate surface area is 98.6 Å². The van der Waals surface area contributed by atoms with Gasteiger partial charge in [0.25, 0.3) is 5.96 Å². The first-order chi connectivity index (χ1) is 8.12. The van der Waals surface area contributed by atoms with Crippen molar-refractivity contribution in [2.24, 2.45) is 5.73 Å². The van der Waals surface area contributed by atoms with Crippen LogP contribution in [0, 0.1) is 20.7 Å². The van der Waals surface area contributed by atoms with Crippen LogP contribution in [-0.4, -0.2) is 11.0 Å². The van der Waals surface area contributed by atoms with Crippen LogP contribution in [0.2, 0.25) is 0 Å². The average molecular weight is 266 g/mol. The molecule has 7 nitrogen and oxygen atoms in total. The lowest BCUT2D eigenvalue weighted by Crippen LogP contribution is -2.85. The van der Waals surface area contributed by atoms with E-state index in [4.69, 9.17) is 26.5 Å². The fourth-order valence-electron chi connectivity index (χ4n) is 0.984. The van der Waals surface area contributed by atoms with Crippen molar-refractivity contribution in [3.8, 4) is 0 Å². The van der Waals surface area contributed by atoms with Gasteiger partial charge in [-0.25, -0.2) is 5.41 Å². The van der Waals surface area contributed by atoms with Gasteiger partial charge in [0, 0.05) is 6.07 Å². The molecule has 0 bridgehead atoms. The number of rotatable bonds is 1. The van der Waals surface area contributed by atoms with E-state index in [-0.39, 0.29) is 11.6 Å². The van der Waals surface area contributed by atoms with E-state index in [0.29, 0.717) is 0 Å². The maximum absolute atomic E-state index is 12.2. The van der Waals surface area contributed by atoms with Crippen molar-refractivity contribution in [3.05, 3.63) is 45.2 Å². The molecule has 10 heteroatoms. The maximum atomic E-state index is 12.2. The first-order valence-electron chi connectivity index (χ1n) is 4.30. The number of alkyl halides is 3. The summed E-state index contributed by atoms with van der Waals surface area (Å²) in [5.74, 6) is -0.274. The molecule has 1 aromatic carbocycles. The summed E-state index contributed by atoms with van der Waals surface area (Å²) in [7, 11) is 0. The molecule has 0 spiro atoms. The van der Waals surface area contributed by atoms with Crippen LogP contribution in [-0.2, 0) is 6.18 Å². The Balaban J connectivity index is 0.000000631. The molecular formula is C8H9F3N4O3. The van der Waals surface area contributed by atoms with Crippen molar-refractivity contribution in [2.45, 2.75) is 6.18 Å². The van der Waals surface area contributed by atoms with E-state index in [2.05, 4.69) is 0 Å². The molecule has 1 aromatic rings. The summed E-state index contributed by atoms with van der Waals surface area (Å²) >= 11 is 0. The summed E-state index contributed by atoms with van der Waals surface area (Å²) in [6.07, 6.45) is -4.36. The Morgan fingerprint density at radius 1 is 1.39 bits per heavy atom. The van der Waals surface area contributed by atoms with E-state index >= 15 is 0 Å². The van der Waals surface area contributed by atoms with Gasteiger partial charge in [-0.1, -0.05) is 6.07 Å². The summed E-state index contributed by atoms with van der Waals surface area (Å²) in [5, 5.41) is 22.8. The van der Waals surface area contributed by atoms with Gasteiger partial charge in [-0.05, 0) is 12.1 Å². The van der Waals surface area contributed by atoms with Crippen LogP contribution in [0.15, 0.2) is 24.3 Å². The second-order valence-electron chi connectivity index (χ2n) is 2.95. The number of benzene rings is 1. The summed E-state index contributed by atoms with van der Waals surface area (Å²) in [6.45, 7) is 0. The fraction of sp³-hybridized carbons (Fsp3) is 0.125. The molecule has 0 aliphatic heterocycles. The van der Waals surface area contributed by atoms with Crippen LogP contribution >= 0.6 is 0 Å². The van der Waals surface area contributed by atoms with E-state index in [1.165, 1.54) is 12.1 Å². The zero-order valence-electron chi connectivity index (χ0n) is 8.77. The number of hydrogen-bond acceptors (Lipinski definition) is 4. The summed E-state index contributed by atoms with van der Waals surface area (Å²) in [6, 6.07) is 4.65. The monoisotopic (exact) mass is 266 g/mol. The SMILES string of the molecule is N=C(N)[NH2+]c1cccc(C(F)(F)F)c1.O=[N+]([O-])[O-]. The minimum atomic E-state index is -4.36. The molecule has 5 N–H and O–H groups in total. The highest BCUT2D eigenvalue weighted by molar-refractivity contribution is 5.66. The summed E-state index contributed by atoms with van der Waals surface area (Å²) < 4.78 is 36.6. The molecular weight excluding hydrogens is 257 g/mol. The van der Waals surface area contributed by atoms with E-state index in [1.807, 2.05) is 0 Å². The second-order valence-corrected chi connectivity index (χ2v) is 2.95. The van der Waals surface area contributed by atoms with Crippen LogP contribution in [0.4, 0.5) is 18.9 Å². The number of halogens is 3. The highest BCUT2D eigenvalue weighted by Gasteiger charge is 2.30. The minimum Gasteiger partial charge on any atom is -0.356 e. The van der Waals surface area contributed by atoms with Crippen molar-refractivity contribution in [1.29, 1.82) is 5.41 Å². The van der Waals surface area contributed by atoms with Gasteiger partial charge in [0.05, 0.1) is 10.7 Å². The lowest BCUT2D eigenvalue weighted by atomic mass is 10.2. The molecule has 0 unspecified atom stereocenters. The van der Waals surface area contributed by atoms with Crippen LogP contribution in [0.3, 0.4) is 0 Å². The van der Waals surface area contributed by atoms with E-state index < -0.39 is 16.8 Å². The van der Waals surface area contributed by atoms with Gasteiger partial charge in [-0.2, -0.15) is 13.2 Å². The van der Waals surface area contributed by atoms with Crippen LogP contribution in [0.5, 0.6) is 0 Å². The Morgan fingerprint density at radius 2 is 1.89 bits per heavy atom. The first-order valence-corrected chi connectivity index (χ1v) is 4.30. The normalized spacial score (nSPS) is 10.2. The highest BCUT2D eigenvalue weighted by Crippen LogP contribution is 2.29. The summed E-state index contributed by atoms with van der Waals surface area (Å²) in [4.78, 5) is 8.25. The van der Waals surface area contributed by atoms with Crippen molar-refractivity contribution < 1.29 is 23.6 Å². The van der Waals surface area contributed by atoms with E-state index in [0.717, 1.165) is 17.4 Å². The van der Waals surface area contributed by atoms with Crippen molar-refractivity contribution >= 4 is 11.6 Å². The minimum absolute atomic E-state index is 0.271. The topological polar surface area (TPSA) is 133 Å². The Hall–Kier alpha value is -2.36. The van der Waals surface area contributed by atoms with E-state index in [1.54, 1.807) is 0 Å². The standard InChI is InChI=1S/C8H8F3N3.NO3/c9-8(10,11)5-2-1-3-6(4-5)14-7(12)13;2-1(3)4/h1-4H,(H4,12,13,14);/q;-1/p+1. The number of guanidine groups is 1. The molecule has 0 radical (unpaired) electrons. The van der Waals surface area contributed by atoms with Gasteiger partial charge < -0.3 is 21.1 Å². The van der Waals surface area contributed by atoms with E-state index in [9.17, 15) is 13.2 Å². The zero-order chi connectivity index (χ0) is 14.3. The molecule has 100 valence electrons. The van der Waals surface area contributed by atoms with Crippen LogP contribution in [0.25, 0.3) is 0 Å². The Morgan fingerprint density at radius 3 is 2.28 bits per heavy atom. The smallest absolute Gasteiger partial charge is 0.356 e. The van der Waals surface area contributed by atoms with Crippen molar-refractivity contribution in [3.63, 3.8) is 0 Å². The number of hydrogen-bond donors (Lipinski definition) is 3. The zero-order valence-corrected chi connectivity index (χ0v) is 8.77. The Bertz CT molecular complexity index is 432.